The summed E-state index contributed by atoms with van der Waals surface area (Å²) in [5.74, 6) is 1.51. The van der Waals surface area contributed by atoms with Gasteiger partial charge < -0.3 is 5.32 Å². The SMILES string of the molecule is Cc1[nH]ncc1CNc1nc(C(C)(C)C)nc(Cl)c1C. The van der Waals surface area contributed by atoms with Gasteiger partial charge in [-0.05, 0) is 13.8 Å². The fourth-order valence-electron chi connectivity index (χ4n) is 1.73. The summed E-state index contributed by atoms with van der Waals surface area (Å²) in [6.07, 6.45) is 1.81. The highest BCUT2D eigenvalue weighted by molar-refractivity contribution is 6.30. The number of nitrogens with zero attached hydrogens (tertiary/aromatic N) is 3. The molecule has 2 aromatic rings. The fourth-order valence-corrected chi connectivity index (χ4v) is 1.90. The molecule has 0 aromatic carbocycles. The van der Waals surface area contributed by atoms with Gasteiger partial charge in [0.2, 0.25) is 0 Å². The highest BCUT2D eigenvalue weighted by Crippen LogP contribution is 2.26. The van der Waals surface area contributed by atoms with Crippen molar-refractivity contribution in [1.29, 1.82) is 0 Å². The lowest BCUT2D eigenvalue weighted by Crippen LogP contribution is -2.18. The maximum atomic E-state index is 6.21. The largest absolute Gasteiger partial charge is 0.365 e. The number of aryl methyl sites for hydroxylation is 1. The maximum Gasteiger partial charge on any atom is 0.137 e. The quantitative estimate of drug-likeness (QED) is 0.852. The molecule has 0 fully saturated rings. The van der Waals surface area contributed by atoms with Crippen LogP contribution in [0.2, 0.25) is 5.15 Å². The molecule has 0 atom stereocenters. The Morgan fingerprint density at radius 2 is 1.95 bits per heavy atom. The Morgan fingerprint density at radius 3 is 2.50 bits per heavy atom. The zero-order valence-corrected chi connectivity index (χ0v) is 13.3. The van der Waals surface area contributed by atoms with Crippen LogP contribution in [0.25, 0.3) is 0 Å². The van der Waals surface area contributed by atoms with Gasteiger partial charge in [0.1, 0.15) is 16.8 Å². The number of rotatable bonds is 3. The van der Waals surface area contributed by atoms with Gasteiger partial charge in [-0.1, -0.05) is 32.4 Å². The first-order chi connectivity index (χ1) is 9.29. The predicted molar refractivity (Wildman–Crippen MR) is 81.1 cm³/mol. The van der Waals surface area contributed by atoms with Crippen LogP contribution in [0.3, 0.4) is 0 Å². The normalized spacial score (nSPS) is 11.7. The Morgan fingerprint density at radius 1 is 1.25 bits per heavy atom. The number of aromatic amines is 1. The molecule has 0 aliphatic heterocycles. The van der Waals surface area contributed by atoms with Crippen molar-refractivity contribution < 1.29 is 0 Å². The van der Waals surface area contributed by atoms with Gasteiger partial charge in [0.05, 0.1) is 6.20 Å². The first-order valence-electron chi connectivity index (χ1n) is 6.56. The Kier molecular flexibility index (Phi) is 3.99. The van der Waals surface area contributed by atoms with Crippen LogP contribution in [0.4, 0.5) is 5.82 Å². The number of anilines is 1. The molecule has 0 aliphatic carbocycles. The lowest BCUT2D eigenvalue weighted by Gasteiger charge is -2.19. The molecule has 0 radical (unpaired) electrons. The molecular weight excluding hydrogens is 274 g/mol. The minimum absolute atomic E-state index is 0.140. The molecule has 0 unspecified atom stereocenters. The number of H-pyrrole nitrogens is 1. The molecule has 2 heterocycles. The van der Waals surface area contributed by atoms with Crippen molar-refractivity contribution in [3.63, 3.8) is 0 Å². The summed E-state index contributed by atoms with van der Waals surface area (Å²) in [6, 6.07) is 0. The lowest BCUT2D eigenvalue weighted by molar-refractivity contribution is 0.545. The third-order valence-electron chi connectivity index (χ3n) is 3.14. The molecule has 20 heavy (non-hydrogen) atoms. The van der Waals surface area contributed by atoms with E-state index in [-0.39, 0.29) is 5.41 Å². The smallest absolute Gasteiger partial charge is 0.137 e. The second kappa shape index (κ2) is 5.40. The van der Waals surface area contributed by atoms with E-state index in [9.17, 15) is 0 Å². The van der Waals surface area contributed by atoms with Crippen LogP contribution in [0.5, 0.6) is 0 Å². The van der Waals surface area contributed by atoms with Crippen molar-refractivity contribution >= 4 is 17.4 Å². The average Bonchev–Trinajstić information content (AvgIpc) is 2.75. The van der Waals surface area contributed by atoms with Gasteiger partial charge in [0.25, 0.3) is 0 Å². The van der Waals surface area contributed by atoms with E-state index in [1.165, 1.54) is 0 Å². The van der Waals surface area contributed by atoms with Crippen molar-refractivity contribution in [1.82, 2.24) is 20.2 Å². The average molecular weight is 294 g/mol. The monoisotopic (exact) mass is 293 g/mol. The van der Waals surface area contributed by atoms with Gasteiger partial charge >= 0.3 is 0 Å². The maximum absolute atomic E-state index is 6.21. The number of aromatic nitrogens is 4. The second-order valence-corrected chi connectivity index (χ2v) is 6.29. The summed E-state index contributed by atoms with van der Waals surface area (Å²) in [6.45, 7) is 10.8. The Hall–Kier alpha value is -1.62. The first kappa shape index (κ1) is 14.8. The minimum atomic E-state index is -0.140. The molecule has 0 spiro atoms. The van der Waals surface area contributed by atoms with Crippen molar-refractivity contribution in [3.8, 4) is 0 Å². The van der Waals surface area contributed by atoms with Gasteiger partial charge in [-0.25, -0.2) is 9.97 Å². The number of nitrogens with one attached hydrogen (secondary N) is 2. The van der Waals surface area contributed by atoms with E-state index < -0.39 is 0 Å². The van der Waals surface area contributed by atoms with E-state index in [2.05, 4.69) is 46.3 Å². The van der Waals surface area contributed by atoms with E-state index in [0.29, 0.717) is 11.7 Å². The molecule has 2 N–H and O–H groups in total. The van der Waals surface area contributed by atoms with Gasteiger partial charge in [0.15, 0.2) is 0 Å². The van der Waals surface area contributed by atoms with Crippen molar-refractivity contribution in [3.05, 3.63) is 34.0 Å². The number of hydrogen-bond acceptors (Lipinski definition) is 4. The molecule has 0 bridgehead atoms. The molecule has 2 aromatic heterocycles. The van der Waals surface area contributed by atoms with Crippen LogP contribution in [-0.4, -0.2) is 20.2 Å². The summed E-state index contributed by atoms with van der Waals surface area (Å²) in [7, 11) is 0. The number of halogens is 1. The molecule has 2 rings (SSSR count). The first-order valence-corrected chi connectivity index (χ1v) is 6.94. The van der Waals surface area contributed by atoms with Crippen LogP contribution < -0.4 is 5.32 Å². The topological polar surface area (TPSA) is 66.5 Å². The molecule has 0 saturated carbocycles. The summed E-state index contributed by atoms with van der Waals surface area (Å²) in [4.78, 5) is 8.96. The van der Waals surface area contributed by atoms with E-state index >= 15 is 0 Å². The van der Waals surface area contributed by atoms with Crippen LogP contribution in [-0.2, 0) is 12.0 Å². The predicted octanol–water partition coefficient (Wildman–Crippen LogP) is 3.38. The van der Waals surface area contributed by atoms with E-state index in [4.69, 9.17) is 11.6 Å². The molecular formula is C14H20ClN5. The second-order valence-electron chi connectivity index (χ2n) is 5.94. The third kappa shape index (κ3) is 3.10. The summed E-state index contributed by atoms with van der Waals surface area (Å²) >= 11 is 6.21. The van der Waals surface area contributed by atoms with E-state index in [1.54, 1.807) is 0 Å². The van der Waals surface area contributed by atoms with E-state index in [1.807, 2.05) is 20.0 Å². The Balaban J connectivity index is 2.27. The van der Waals surface area contributed by atoms with Crippen LogP contribution in [0.15, 0.2) is 6.20 Å². The fraction of sp³-hybridized carbons (Fsp3) is 0.500. The van der Waals surface area contributed by atoms with Gasteiger partial charge in [0, 0.05) is 28.8 Å². The molecule has 0 amide bonds. The minimum Gasteiger partial charge on any atom is -0.365 e. The Bertz CT molecular complexity index is 613. The molecule has 0 aliphatic rings. The Labute approximate surface area is 124 Å². The van der Waals surface area contributed by atoms with Gasteiger partial charge in [-0.15, -0.1) is 0 Å². The highest BCUT2D eigenvalue weighted by atomic mass is 35.5. The molecule has 5 nitrogen and oxygen atoms in total. The molecule has 0 saturated heterocycles. The zero-order chi connectivity index (χ0) is 14.9. The summed E-state index contributed by atoms with van der Waals surface area (Å²) in [5.41, 5.74) is 2.88. The third-order valence-corrected chi connectivity index (χ3v) is 3.51. The summed E-state index contributed by atoms with van der Waals surface area (Å²) < 4.78 is 0. The number of hydrogen-bond donors (Lipinski definition) is 2. The van der Waals surface area contributed by atoms with Crippen molar-refractivity contribution in [2.45, 2.75) is 46.6 Å². The van der Waals surface area contributed by atoms with Crippen LogP contribution in [0.1, 0.15) is 43.4 Å². The highest BCUT2D eigenvalue weighted by Gasteiger charge is 2.20. The van der Waals surface area contributed by atoms with Crippen LogP contribution >= 0.6 is 11.6 Å². The standard InChI is InChI=1S/C14H20ClN5/c1-8-11(15)18-13(14(3,4)5)19-12(8)16-6-10-7-17-20-9(10)2/h7H,6H2,1-5H3,(H,17,20)(H,16,18,19). The van der Waals surface area contributed by atoms with Crippen molar-refractivity contribution in [2.75, 3.05) is 5.32 Å². The van der Waals surface area contributed by atoms with Crippen molar-refractivity contribution in [2.24, 2.45) is 0 Å². The molecule has 108 valence electrons. The summed E-state index contributed by atoms with van der Waals surface area (Å²) in [5, 5.41) is 10.7. The lowest BCUT2D eigenvalue weighted by atomic mass is 9.95. The molecule has 6 heteroatoms. The van der Waals surface area contributed by atoms with Crippen LogP contribution in [0, 0.1) is 13.8 Å². The van der Waals surface area contributed by atoms with E-state index in [0.717, 1.165) is 28.5 Å². The van der Waals surface area contributed by atoms with Gasteiger partial charge in [-0.3, -0.25) is 5.10 Å². The zero-order valence-electron chi connectivity index (χ0n) is 12.5. The van der Waals surface area contributed by atoms with Gasteiger partial charge in [-0.2, -0.15) is 5.10 Å².